The maximum absolute atomic E-state index is 12.8. The van der Waals surface area contributed by atoms with Gasteiger partial charge in [-0.3, -0.25) is 40.4 Å². The van der Waals surface area contributed by atoms with E-state index in [9.17, 15) is 59.4 Å². The van der Waals surface area contributed by atoms with Crippen molar-refractivity contribution in [3.8, 4) is 45.6 Å². The summed E-state index contributed by atoms with van der Waals surface area (Å²) in [5.74, 6) is -11.4. The van der Waals surface area contributed by atoms with Crippen LogP contribution < -0.4 is 21.3 Å². The fraction of sp³-hybridized carbons (Fsp3) is 0.316. The number of aromatic hydroxyl groups is 6. The van der Waals surface area contributed by atoms with Crippen molar-refractivity contribution in [3.63, 3.8) is 0 Å². The van der Waals surface area contributed by atoms with Crippen LogP contribution in [0.5, 0.6) is 34.5 Å². The number of hydrogen-bond donors (Lipinski definition) is 10. The monoisotopic (exact) mass is 742 g/mol. The molecule has 16 heteroatoms. The number of imide groups is 4. The average molecular weight is 743 g/mol. The van der Waals surface area contributed by atoms with Crippen molar-refractivity contribution < 1.29 is 59.4 Å². The Morgan fingerprint density at radius 2 is 0.796 bits per heavy atom. The molecule has 282 valence electrons. The van der Waals surface area contributed by atoms with E-state index in [1.807, 2.05) is 21.3 Å². The molecular weight excluding hydrogens is 704 g/mol. The third-order valence-corrected chi connectivity index (χ3v) is 10.1. The highest BCUT2D eigenvalue weighted by atomic mass is 16.3. The number of phenols is 6. The van der Waals surface area contributed by atoms with E-state index < -0.39 is 107 Å². The largest absolute Gasteiger partial charge is 0.507 e. The fourth-order valence-corrected chi connectivity index (χ4v) is 7.74. The first-order chi connectivity index (χ1) is 25.3. The Hall–Kier alpha value is -6.58. The minimum Gasteiger partial charge on any atom is -0.507 e. The highest BCUT2D eigenvalue weighted by Gasteiger charge is 2.39. The van der Waals surface area contributed by atoms with Gasteiger partial charge in [0.2, 0.25) is 23.6 Å². The van der Waals surface area contributed by atoms with Crippen LogP contribution in [-0.2, 0) is 32.0 Å². The second-order valence-corrected chi connectivity index (χ2v) is 14.3. The van der Waals surface area contributed by atoms with Crippen molar-refractivity contribution >= 4 is 57.2 Å². The van der Waals surface area contributed by atoms with Crippen molar-refractivity contribution in [2.75, 3.05) is 0 Å². The van der Waals surface area contributed by atoms with Crippen LogP contribution in [0.25, 0.3) is 32.7 Å². The van der Waals surface area contributed by atoms with Crippen molar-refractivity contribution in [1.82, 2.24) is 21.3 Å². The molecule has 2 fully saturated rings. The molecule has 10 N–H and O–H groups in total. The maximum atomic E-state index is 12.8. The van der Waals surface area contributed by atoms with E-state index in [2.05, 4.69) is 0 Å². The summed E-state index contributed by atoms with van der Waals surface area (Å²) in [6.45, 7) is 10.2. The lowest BCUT2D eigenvalue weighted by Gasteiger charge is -2.26. The number of fused-ring (bicyclic) bond motifs is 2. The zero-order chi connectivity index (χ0) is 39.8. The quantitative estimate of drug-likeness (QED) is 0.0957. The topological polar surface area (TPSA) is 272 Å². The van der Waals surface area contributed by atoms with Gasteiger partial charge >= 0.3 is 12.1 Å². The molecule has 0 atom stereocenters. The van der Waals surface area contributed by atoms with E-state index in [1.165, 1.54) is 0 Å². The van der Waals surface area contributed by atoms with Gasteiger partial charge in [0.05, 0.1) is 0 Å². The minimum absolute atomic E-state index is 0.0107. The SMILES string of the molecule is Cc1cc2c(C(C)C)c(O)c(O)c(CC3C(=O)NC(=O)NC3=O)c2c(O)c1-c1c(C)cc2c(C(C)C)c(O)c(O)c(CC3C(=O)NC(=O)NC3=O)c2c1O. The van der Waals surface area contributed by atoms with Crippen molar-refractivity contribution in [2.45, 2.75) is 66.2 Å². The first kappa shape index (κ1) is 37.2. The number of benzene rings is 4. The second kappa shape index (κ2) is 13.1. The van der Waals surface area contributed by atoms with Crippen LogP contribution in [0, 0.1) is 25.7 Å². The number of carbonyl (C=O) groups excluding carboxylic acids is 6. The number of barbiturate groups is 2. The molecule has 2 aliphatic rings. The summed E-state index contributed by atoms with van der Waals surface area (Å²) < 4.78 is 0. The van der Waals surface area contributed by atoms with E-state index in [0.717, 1.165) is 0 Å². The van der Waals surface area contributed by atoms with E-state index in [4.69, 9.17) is 0 Å². The molecule has 2 saturated heterocycles. The normalized spacial score (nSPS) is 15.7. The summed E-state index contributed by atoms with van der Waals surface area (Å²) in [6.07, 6.45) is -1.14. The van der Waals surface area contributed by atoms with Gasteiger partial charge in [0.25, 0.3) is 0 Å². The summed E-state index contributed by atoms with van der Waals surface area (Å²) in [5, 5.41) is 78.2. The molecule has 2 aliphatic heterocycles. The second-order valence-electron chi connectivity index (χ2n) is 14.3. The Kier molecular flexibility index (Phi) is 9.04. The molecule has 6 rings (SSSR count). The molecule has 4 aromatic rings. The Balaban J connectivity index is 1.70. The van der Waals surface area contributed by atoms with Gasteiger partial charge in [0.1, 0.15) is 23.3 Å². The molecule has 0 unspecified atom stereocenters. The van der Waals surface area contributed by atoms with Gasteiger partial charge in [-0.05, 0) is 60.4 Å². The molecular formula is C38H38N4O12. The molecule has 0 radical (unpaired) electrons. The van der Waals surface area contributed by atoms with Gasteiger partial charge in [-0.15, -0.1) is 0 Å². The molecule has 0 bridgehead atoms. The molecule has 0 aromatic heterocycles. The Morgan fingerprint density at radius 3 is 1.07 bits per heavy atom. The zero-order valence-corrected chi connectivity index (χ0v) is 30.0. The number of aryl methyl sites for hydroxylation is 2. The Morgan fingerprint density at radius 1 is 0.500 bits per heavy atom. The smallest absolute Gasteiger partial charge is 0.328 e. The molecule has 0 saturated carbocycles. The van der Waals surface area contributed by atoms with Crippen LogP contribution in [0.3, 0.4) is 0 Å². The summed E-state index contributed by atoms with van der Waals surface area (Å²) in [6, 6.07) is 1.12. The number of hydrogen-bond acceptors (Lipinski definition) is 12. The summed E-state index contributed by atoms with van der Waals surface area (Å²) in [5.41, 5.74) is 0.781. The van der Waals surface area contributed by atoms with Gasteiger partial charge in [-0.25, -0.2) is 9.59 Å². The van der Waals surface area contributed by atoms with Gasteiger partial charge in [-0.1, -0.05) is 39.8 Å². The van der Waals surface area contributed by atoms with Crippen molar-refractivity contribution in [2.24, 2.45) is 11.8 Å². The van der Waals surface area contributed by atoms with Crippen molar-refractivity contribution in [1.29, 1.82) is 0 Å². The third kappa shape index (κ3) is 5.70. The number of carbonyl (C=O) groups is 6. The number of urea groups is 2. The first-order valence-corrected chi connectivity index (χ1v) is 17.0. The summed E-state index contributed by atoms with van der Waals surface area (Å²) in [4.78, 5) is 74.7. The van der Waals surface area contributed by atoms with E-state index >= 15 is 0 Å². The number of rotatable bonds is 7. The van der Waals surface area contributed by atoms with Crippen LogP contribution >= 0.6 is 0 Å². The molecule has 0 spiro atoms. The lowest BCUT2D eigenvalue weighted by molar-refractivity contribution is -0.137. The number of phenolic OH excluding ortho intramolecular Hbond substituents is 6. The van der Waals surface area contributed by atoms with Crippen LogP contribution in [0.15, 0.2) is 12.1 Å². The molecule has 54 heavy (non-hydrogen) atoms. The summed E-state index contributed by atoms with van der Waals surface area (Å²) in [7, 11) is 0. The number of nitrogens with one attached hydrogen (secondary N) is 4. The molecule has 8 amide bonds. The van der Waals surface area contributed by atoms with Gasteiger partial charge in [-0.2, -0.15) is 0 Å². The van der Waals surface area contributed by atoms with E-state index in [1.54, 1.807) is 53.7 Å². The van der Waals surface area contributed by atoms with Gasteiger partial charge in [0, 0.05) is 44.2 Å². The average Bonchev–Trinajstić information content (AvgIpc) is 3.05. The van der Waals surface area contributed by atoms with Crippen molar-refractivity contribution in [3.05, 3.63) is 45.5 Å². The minimum atomic E-state index is -1.56. The highest BCUT2D eigenvalue weighted by molar-refractivity contribution is 6.18. The van der Waals surface area contributed by atoms with Gasteiger partial charge in [0.15, 0.2) is 23.0 Å². The standard InChI is InChI=1S/C38H38N4O12/c1-11(2)21-15-7-13(5)23(29(45)25(15)17(27(43)31(21)47)9-19-33(49)39-37(53)40-34(19)50)24-14(6)8-16-22(12(3)4)32(48)28(44)18(26(16)30(24)46)10-20-35(51)41-38(54)42-36(20)52/h7-8,11-12,19-20,43-48H,9-10H2,1-6H3,(H2,39,40,49,50,53)(H2,41,42,51,52,54). The maximum Gasteiger partial charge on any atom is 0.328 e. The van der Waals surface area contributed by atoms with E-state index in [0.29, 0.717) is 11.1 Å². The molecule has 16 nitrogen and oxygen atoms in total. The van der Waals surface area contributed by atoms with E-state index in [-0.39, 0.29) is 54.9 Å². The fourth-order valence-electron chi connectivity index (χ4n) is 7.74. The predicted octanol–water partition coefficient (Wildman–Crippen LogP) is 3.81. The van der Waals surface area contributed by atoms with Crippen LogP contribution in [0.4, 0.5) is 9.59 Å². The lowest BCUT2D eigenvalue weighted by atomic mass is 9.81. The van der Waals surface area contributed by atoms with Crippen LogP contribution in [0.2, 0.25) is 0 Å². The molecule has 0 aliphatic carbocycles. The zero-order valence-electron chi connectivity index (χ0n) is 30.0. The van der Waals surface area contributed by atoms with Gasteiger partial charge < -0.3 is 30.6 Å². The number of amides is 8. The van der Waals surface area contributed by atoms with Crippen LogP contribution in [0.1, 0.15) is 72.9 Å². The third-order valence-electron chi connectivity index (χ3n) is 10.1. The highest BCUT2D eigenvalue weighted by Crippen LogP contribution is 2.55. The molecule has 4 aromatic carbocycles. The first-order valence-electron chi connectivity index (χ1n) is 17.0. The lowest BCUT2D eigenvalue weighted by Crippen LogP contribution is -2.56. The van der Waals surface area contributed by atoms with Crippen LogP contribution in [-0.4, -0.2) is 66.3 Å². The Labute approximate surface area is 306 Å². The Bertz CT molecular complexity index is 2210. The summed E-state index contributed by atoms with van der Waals surface area (Å²) >= 11 is 0. The predicted molar refractivity (Wildman–Crippen MR) is 192 cm³/mol. The molecule has 2 heterocycles.